The van der Waals surface area contributed by atoms with Crippen molar-refractivity contribution in [1.29, 1.82) is 0 Å². The highest BCUT2D eigenvalue weighted by Gasteiger charge is 2.32. The molecule has 1 aromatic carbocycles. The van der Waals surface area contributed by atoms with Crippen molar-refractivity contribution in [1.82, 2.24) is 0 Å². The van der Waals surface area contributed by atoms with Crippen molar-refractivity contribution in [2.75, 3.05) is 5.73 Å². The summed E-state index contributed by atoms with van der Waals surface area (Å²) in [5, 5.41) is 0. The van der Waals surface area contributed by atoms with Gasteiger partial charge in [0, 0.05) is 11.3 Å². The minimum atomic E-state index is -4.48. The Morgan fingerprint density at radius 3 is 2.47 bits per heavy atom. The van der Waals surface area contributed by atoms with Gasteiger partial charge in [0.2, 0.25) is 5.91 Å². The van der Waals surface area contributed by atoms with Crippen LogP contribution in [0.4, 0.5) is 18.9 Å². The fourth-order valence-electron chi connectivity index (χ4n) is 1.13. The molecule has 4 N–H and O–H groups in total. The van der Waals surface area contributed by atoms with E-state index in [0.29, 0.717) is 5.56 Å². The highest BCUT2D eigenvalue weighted by Crippen LogP contribution is 2.33. The molecule has 1 amide bonds. The Bertz CT molecular complexity index is 498. The lowest BCUT2D eigenvalue weighted by Crippen LogP contribution is -2.09. The summed E-state index contributed by atoms with van der Waals surface area (Å²) in [5.74, 6) is 4.32. The van der Waals surface area contributed by atoms with Crippen LogP contribution in [0.5, 0.6) is 0 Å². The Balaban J connectivity index is 2.96. The zero-order valence-corrected chi connectivity index (χ0v) is 8.64. The first kappa shape index (κ1) is 12.9. The monoisotopic (exact) mass is 242 g/mol. The molecule has 0 spiro atoms. The summed E-state index contributed by atoms with van der Waals surface area (Å²) in [6.07, 6.45) is -4.63. The number of nitrogen functional groups attached to an aromatic ring is 1. The normalized spacial score (nSPS) is 10.5. The minimum absolute atomic E-state index is 0.152. The van der Waals surface area contributed by atoms with Crippen LogP contribution in [0.1, 0.15) is 17.5 Å². The van der Waals surface area contributed by atoms with Crippen LogP contribution >= 0.6 is 0 Å². The van der Waals surface area contributed by atoms with Crippen molar-refractivity contribution in [3.05, 3.63) is 29.3 Å². The van der Waals surface area contributed by atoms with Gasteiger partial charge >= 0.3 is 6.18 Å². The highest BCUT2D eigenvalue weighted by atomic mass is 19.4. The van der Waals surface area contributed by atoms with Crippen molar-refractivity contribution < 1.29 is 18.0 Å². The number of benzene rings is 1. The van der Waals surface area contributed by atoms with Gasteiger partial charge in [-0.05, 0) is 18.2 Å². The summed E-state index contributed by atoms with van der Waals surface area (Å²) in [6.45, 7) is 0. The molecule has 1 aromatic rings. The molecule has 17 heavy (non-hydrogen) atoms. The van der Waals surface area contributed by atoms with Crippen molar-refractivity contribution >= 4 is 11.6 Å². The summed E-state index contributed by atoms with van der Waals surface area (Å²) in [7, 11) is 0. The number of carbonyl (C=O) groups is 1. The third-order valence-corrected chi connectivity index (χ3v) is 1.85. The van der Waals surface area contributed by atoms with E-state index in [2.05, 4.69) is 11.8 Å². The van der Waals surface area contributed by atoms with E-state index in [-0.39, 0.29) is 6.42 Å². The molecule has 0 radical (unpaired) electrons. The van der Waals surface area contributed by atoms with Crippen LogP contribution in [-0.4, -0.2) is 5.91 Å². The first-order chi connectivity index (χ1) is 7.80. The Morgan fingerprint density at radius 1 is 1.35 bits per heavy atom. The van der Waals surface area contributed by atoms with Crippen molar-refractivity contribution in [3.63, 3.8) is 0 Å². The smallest absolute Gasteiger partial charge is 0.398 e. The SMILES string of the molecule is NC(=O)CC#Cc1ccc(C(F)(F)F)c(N)c1. The summed E-state index contributed by atoms with van der Waals surface area (Å²) in [6, 6.07) is 3.15. The number of amides is 1. The van der Waals surface area contributed by atoms with Crippen LogP contribution in [0.2, 0.25) is 0 Å². The van der Waals surface area contributed by atoms with E-state index < -0.39 is 23.3 Å². The van der Waals surface area contributed by atoms with Gasteiger partial charge in [-0.1, -0.05) is 11.8 Å². The zero-order valence-electron chi connectivity index (χ0n) is 8.64. The molecule has 0 unspecified atom stereocenters. The zero-order chi connectivity index (χ0) is 13.1. The lowest BCUT2D eigenvalue weighted by molar-refractivity contribution is -0.136. The number of hydrogen-bond acceptors (Lipinski definition) is 2. The van der Waals surface area contributed by atoms with E-state index in [9.17, 15) is 18.0 Å². The summed E-state index contributed by atoms with van der Waals surface area (Å²) < 4.78 is 37.1. The molecule has 0 atom stereocenters. The highest BCUT2D eigenvalue weighted by molar-refractivity contribution is 5.76. The molecule has 0 aliphatic heterocycles. The van der Waals surface area contributed by atoms with Gasteiger partial charge in [0.25, 0.3) is 0 Å². The number of alkyl halides is 3. The average Bonchev–Trinajstić information content (AvgIpc) is 2.14. The van der Waals surface area contributed by atoms with Crippen LogP contribution in [0.25, 0.3) is 0 Å². The van der Waals surface area contributed by atoms with Crippen LogP contribution in [0.3, 0.4) is 0 Å². The molecule has 3 nitrogen and oxygen atoms in total. The number of halogens is 3. The van der Waals surface area contributed by atoms with Gasteiger partial charge in [0.1, 0.15) is 0 Å². The third kappa shape index (κ3) is 3.72. The molecule has 0 aliphatic carbocycles. The quantitative estimate of drug-likeness (QED) is 0.579. The number of primary amides is 1. The molecule has 0 bridgehead atoms. The van der Waals surface area contributed by atoms with Gasteiger partial charge in [-0.25, -0.2) is 0 Å². The summed E-state index contributed by atoms with van der Waals surface area (Å²) in [4.78, 5) is 10.4. The molecule has 0 saturated heterocycles. The maximum atomic E-state index is 12.4. The van der Waals surface area contributed by atoms with E-state index in [1.807, 2.05) is 0 Å². The number of nitrogens with two attached hydrogens (primary N) is 2. The van der Waals surface area contributed by atoms with E-state index in [4.69, 9.17) is 11.5 Å². The van der Waals surface area contributed by atoms with Gasteiger partial charge in [-0.2, -0.15) is 13.2 Å². The predicted molar refractivity (Wildman–Crippen MR) is 56.5 cm³/mol. The molecular formula is C11H9F3N2O. The van der Waals surface area contributed by atoms with Crippen molar-refractivity contribution in [3.8, 4) is 11.8 Å². The van der Waals surface area contributed by atoms with Crippen LogP contribution in [0.15, 0.2) is 18.2 Å². The Kier molecular flexibility index (Phi) is 3.63. The lowest BCUT2D eigenvalue weighted by atomic mass is 10.1. The topological polar surface area (TPSA) is 69.1 Å². The van der Waals surface area contributed by atoms with Crippen LogP contribution in [-0.2, 0) is 11.0 Å². The number of hydrogen-bond donors (Lipinski definition) is 2. The number of anilines is 1. The second kappa shape index (κ2) is 4.78. The van der Waals surface area contributed by atoms with E-state index in [0.717, 1.165) is 12.1 Å². The Morgan fingerprint density at radius 2 is 2.00 bits per heavy atom. The summed E-state index contributed by atoms with van der Waals surface area (Å²) >= 11 is 0. The van der Waals surface area contributed by atoms with E-state index >= 15 is 0 Å². The first-order valence-corrected chi connectivity index (χ1v) is 4.54. The molecule has 0 heterocycles. The van der Waals surface area contributed by atoms with Crippen LogP contribution < -0.4 is 11.5 Å². The fourth-order valence-corrected chi connectivity index (χ4v) is 1.13. The van der Waals surface area contributed by atoms with Crippen molar-refractivity contribution in [2.45, 2.75) is 12.6 Å². The first-order valence-electron chi connectivity index (χ1n) is 4.54. The molecule has 0 saturated carbocycles. The second-order valence-corrected chi connectivity index (χ2v) is 3.24. The molecular weight excluding hydrogens is 233 g/mol. The van der Waals surface area contributed by atoms with E-state index in [1.54, 1.807) is 0 Å². The maximum absolute atomic E-state index is 12.4. The minimum Gasteiger partial charge on any atom is -0.398 e. The van der Waals surface area contributed by atoms with Gasteiger partial charge < -0.3 is 11.5 Å². The lowest BCUT2D eigenvalue weighted by Gasteiger charge is -2.09. The standard InChI is InChI=1S/C11H9F3N2O/c12-11(13,14)8-5-4-7(6-9(8)15)2-1-3-10(16)17/h4-6H,3,15H2,(H2,16,17). The maximum Gasteiger partial charge on any atom is 0.418 e. The van der Waals surface area contributed by atoms with Gasteiger partial charge in [-0.15, -0.1) is 0 Å². The second-order valence-electron chi connectivity index (χ2n) is 3.24. The number of rotatable bonds is 1. The Labute approximate surface area is 95.6 Å². The largest absolute Gasteiger partial charge is 0.418 e. The number of carbonyl (C=O) groups excluding carboxylic acids is 1. The molecule has 0 aromatic heterocycles. The Hall–Kier alpha value is -2.16. The molecule has 0 aliphatic rings. The molecule has 1 rings (SSSR count). The molecule has 0 fully saturated rings. The summed E-state index contributed by atoms with van der Waals surface area (Å²) in [5.41, 5.74) is 9.11. The fraction of sp³-hybridized carbons (Fsp3) is 0.182. The van der Waals surface area contributed by atoms with E-state index in [1.165, 1.54) is 6.07 Å². The van der Waals surface area contributed by atoms with Gasteiger partial charge in [0.15, 0.2) is 0 Å². The average molecular weight is 242 g/mol. The van der Waals surface area contributed by atoms with Crippen molar-refractivity contribution in [2.24, 2.45) is 5.73 Å². The van der Waals surface area contributed by atoms with Gasteiger partial charge in [-0.3, -0.25) is 4.79 Å². The predicted octanol–water partition coefficient (Wildman–Crippen LogP) is 1.51. The van der Waals surface area contributed by atoms with Crippen LogP contribution in [0, 0.1) is 11.8 Å². The third-order valence-electron chi connectivity index (χ3n) is 1.85. The van der Waals surface area contributed by atoms with Gasteiger partial charge in [0.05, 0.1) is 12.0 Å². The molecule has 90 valence electrons. The molecule has 6 heteroatoms.